The summed E-state index contributed by atoms with van der Waals surface area (Å²) in [5, 5.41) is 0. The predicted octanol–water partition coefficient (Wildman–Crippen LogP) is 3.48. The number of piperidine rings is 1. The summed E-state index contributed by atoms with van der Waals surface area (Å²) in [7, 11) is 0. The minimum absolute atomic E-state index is 0.108. The number of likely N-dealkylation sites (tertiary alicyclic amines) is 1. The molecule has 5 nitrogen and oxygen atoms in total. The molecule has 1 saturated heterocycles. The van der Waals surface area contributed by atoms with Gasteiger partial charge in [0.1, 0.15) is 17.2 Å². The molecule has 0 radical (unpaired) electrons. The third kappa shape index (κ3) is 3.26. The Morgan fingerprint density at radius 3 is 2.80 bits per heavy atom. The molecule has 0 saturated carbocycles. The largest absolute Gasteiger partial charge is 0.488 e. The van der Waals surface area contributed by atoms with Crippen molar-refractivity contribution in [2.75, 3.05) is 19.7 Å². The van der Waals surface area contributed by atoms with Gasteiger partial charge in [-0.15, -0.1) is 11.3 Å². The van der Waals surface area contributed by atoms with E-state index < -0.39 is 5.97 Å². The maximum atomic E-state index is 12.3. The Balaban J connectivity index is 1.44. The normalized spacial score (nSPS) is 15.8. The zero-order valence-electron chi connectivity index (χ0n) is 13.8. The number of para-hydroxylation sites is 1. The van der Waals surface area contributed by atoms with Crippen molar-refractivity contribution in [2.24, 2.45) is 0 Å². The van der Waals surface area contributed by atoms with Gasteiger partial charge in [0.25, 0.3) is 5.91 Å². The fourth-order valence-electron chi connectivity index (χ4n) is 3.23. The van der Waals surface area contributed by atoms with Crippen LogP contribution in [0.3, 0.4) is 0 Å². The van der Waals surface area contributed by atoms with Crippen LogP contribution in [0.2, 0.25) is 0 Å². The average Bonchev–Trinajstić information content (AvgIpc) is 3.11. The molecule has 2 aromatic rings. The van der Waals surface area contributed by atoms with Crippen LogP contribution in [0, 0.1) is 0 Å². The number of fused-ring (bicyclic) bond motifs is 3. The molecule has 1 aromatic heterocycles. The topological polar surface area (TPSA) is 55.8 Å². The van der Waals surface area contributed by atoms with E-state index in [1.807, 2.05) is 30.3 Å². The molecule has 0 N–H and O–H groups in total. The number of carbonyl (C=O) groups excluding carboxylic acids is 2. The fourth-order valence-corrected chi connectivity index (χ4v) is 4.32. The number of esters is 1. The maximum absolute atomic E-state index is 12.3. The van der Waals surface area contributed by atoms with Crippen LogP contribution in [-0.4, -0.2) is 36.5 Å². The second kappa shape index (κ2) is 6.88. The number of thiophene rings is 1. The molecule has 0 unspecified atom stereocenters. The third-order valence-electron chi connectivity index (χ3n) is 4.56. The number of rotatable bonds is 3. The quantitative estimate of drug-likeness (QED) is 0.789. The molecule has 1 fully saturated rings. The van der Waals surface area contributed by atoms with Crippen molar-refractivity contribution in [3.8, 4) is 16.2 Å². The molecule has 0 spiro atoms. The van der Waals surface area contributed by atoms with Gasteiger partial charge in [-0.3, -0.25) is 4.79 Å². The van der Waals surface area contributed by atoms with Gasteiger partial charge >= 0.3 is 5.97 Å². The van der Waals surface area contributed by atoms with Crippen molar-refractivity contribution < 1.29 is 19.1 Å². The molecule has 3 heterocycles. The van der Waals surface area contributed by atoms with E-state index >= 15 is 0 Å². The average molecular weight is 357 g/mol. The summed E-state index contributed by atoms with van der Waals surface area (Å²) in [5.41, 5.74) is 1.98. The number of nitrogens with zero attached hydrogens (tertiary/aromatic N) is 1. The highest BCUT2D eigenvalue weighted by molar-refractivity contribution is 7.17. The van der Waals surface area contributed by atoms with E-state index in [0.717, 1.165) is 54.1 Å². The van der Waals surface area contributed by atoms with Crippen LogP contribution in [0.15, 0.2) is 30.3 Å². The third-order valence-corrected chi connectivity index (χ3v) is 5.75. The Morgan fingerprint density at radius 1 is 1.16 bits per heavy atom. The highest BCUT2D eigenvalue weighted by Crippen LogP contribution is 2.42. The molecule has 6 heteroatoms. The molecule has 1 amide bonds. The standard InChI is InChI=1S/C19H19NO4S/c21-17(20-8-4-1-5-9-20)12-24-19(22)16-10-13-11-23-15-7-3-2-6-14(15)18(13)25-16/h2-3,6-7,10H,1,4-5,8-9,11-12H2. The van der Waals surface area contributed by atoms with Crippen LogP contribution in [-0.2, 0) is 16.1 Å². The lowest BCUT2D eigenvalue weighted by molar-refractivity contribution is -0.135. The number of ether oxygens (including phenoxy) is 2. The van der Waals surface area contributed by atoms with Crippen LogP contribution in [0.4, 0.5) is 0 Å². The van der Waals surface area contributed by atoms with Crippen LogP contribution in [0.1, 0.15) is 34.5 Å². The highest BCUT2D eigenvalue weighted by atomic mass is 32.1. The lowest BCUT2D eigenvalue weighted by Gasteiger charge is -2.26. The lowest BCUT2D eigenvalue weighted by atomic mass is 10.1. The maximum Gasteiger partial charge on any atom is 0.348 e. The zero-order valence-corrected chi connectivity index (χ0v) is 14.6. The summed E-state index contributed by atoms with van der Waals surface area (Å²) in [6.07, 6.45) is 3.21. The van der Waals surface area contributed by atoms with E-state index in [2.05, 4.69) is 0 Å². The van der Waals surface area contributed by atoms with Crippen molar-refractivity contribution in [3.63, 3.8) is 0 Å². The van der Waals surface area contributed by atoms with E-state index in [1.165, 1.54) is 11.3 Å². The van der Waals surface area contributed by atoms with E-state index in [0.29, 0.717) is 11.5 Å². The summed E-state index contributed by atoms with van der Waals surface area (Å²) in [4.78, 5) is 27.8. The molecule has 0 bridgehead atoms. The first-order valence-electron chi connectivity index (χ1n) is 8.52. The Labute approximate surface area is 150 Å². The van der Waals surface area contributed by atoms with Gasteiger partial charge < -0.3 is 14.4 Å². The number of amides is 1. The van der Waals surface area contributed by atoms with Crippen molar-refractivity contribution in [1.29, 1.82) is 0 Å². The van der Waals surface area contributed by atoms with Gasteiger partial charge in [-0.25, -0.2) is 4.79 Å². The van der Waals surface area contributed by atoms with Crippen molar-refractivity contribution in [2.45, 2.75) is 25.9 Å². The van der Waals surface area contributed by atoms with Gasteiger partial charge in [0.2, 0.25) is 0 Å². The van der Waals surface area contributed by atoms with Gasteiger partial charge in [-0.2, -0.15) is 0 Å². The lowest BCUT2D eigenvalue weighted by Crippen LogP contribution is -2.38. The summed E-state index contributed by atoms with van der Waals surface area (Å²) < 4.78 is 11.0. The first-order valence-corrected chi connectivity index (χ1v) is 9.34. The molecule has 0 atom stereocenters. The Bertz CT molecular complexity index is 808. The Hall–Kier alpha value is -2.34. The Morgan fingerprint density at radius 2 is 1.96 bits per heavy atom. The summed E-state index contributed by atoms with van der Waals surface area (Å²) in [6.45, 7) is 1.78. The van der Waals surface area contributed by atoms with Crippen molar-refractivity contribution in [3.05, 3.63) is 40.8 Å². The minimum Gasteiger partial charge on any atom is -0.488 e. The number of benzene rings is 1. The SMILES string of the molecule is O=C(OCC(=O)N1CCCCC1)c1cc2c(s1)-c1ccccc1OC2. The number of carbonyl (C=O) groups is 2. The first-order chi connectivity index (χ1) is 12.2. The second-order valence-corrected chi connectivity index (χ2v) is 7.32. The molecular formula is C19H19NO4S. The summed E-state index contributed by atoms with van der Waals surface area (Å²) >= 11 is 1.39. The molecule has 4 rings (SSSR count). The van der Waals surface area contributed by atoms with Crippen LogP contribution in [0.25, 0.3) is 10.4 Å². The van der Waals surface area contributed by atoms with Gasteiger partial charge in [0.05, 0.1) is 0 Å². The van der Waals surface area contributed by atoms with Gasteiger partial charge in [0, 0.05) is 29.1 Å². The minimum atomic E-state index is -0.442. The van der Waals surface area contributed by atoms with Gasteiger partial charge in [0.15, 0.2) is 6.61 Å². The van der Waals surface area contributed by atoms with Crippen molar-refractivity contribution >= 4 is 23.2 Å². The molecule has 130 valence electrons. The highest BCUT2D eigenvalue weighted by Gasteiger charge is 2.24. The molecule has 2 aliphatic rings. The molecule has 0 aliphatic carbocycles. The van der Waals surface area contributed by atoms with E-state index in [4.69, 9.17) is 9.47 Å². The monoisotopic (exact) mass is 357 g/mol. The fraction of sp³-hybridized carbons (Fsp3) is 0.368. The van der Waals surface area contributed by atoms with Crippen LogP contribution in [0.5, 0.6) is 5.75 Å². The van der Waals surface area contributed by atoms with Crippen LogP contribution < -0.4 is 4.74 Å². The first kappa shape index (κ1) is 16.1. The molecule has 2 aliphatic heterocycles. The van der Waals surface area contributed by atoms with Gasteiger partial charge in [-0.1, -0.05) is 12.1 Å². The predicted molar refractivity (Wildman–Crippen MR) is 94.8 cm³/mol. The van der Waals surface area contributed by atoms with E-state index in [1.54, 1.807) is 4.90 Å². The zero-order chi connectivity index (χ0) is 17.2. The second-order valence-electron chi connectivity index (χ2n) is 6.27. The Kier molecular flexibility index (Phi) is 4.44. The molecule has 1 aromatic carbocycles. The van der Waals surface area contributed by atoms with E-state index in [-0.39, 0.29) is 12.5 Å². The number of hydrogen-bond acceptors (Lipinski definition) is 5. The smallest absolute Gasteiger partial charge is 0.348 e. The van der Waals surface area contributed by atoms with E-state index in [9.17, 15) is 9.59 Å². The number of hydrogen-bond donors (Lipinski definition) is 0. The van der Waals surface area contributed by atoms with Gasteiger partial charge in [-0.05, 0) is 37.5 Å². The summed E-state index contributed by atoms with van der Waals surface area (Å²) in [5.74, 6) is 0.280. The molecular weight excluding hydrogens is 338 g/mol. The summed E-state index contributed by atoms with van der Waals surface area (Å²) in [6, 6.07) is 9.60. The van der Waals surface area contributed by atoms with Crippen molar-refractivity contribution in [1.82, 2.24) is 4.90 Å². The molecule has 25 heavy (non-hydrogen) atoms. The van der Waals surface area contributed by atoms with Crippen LogP contribution >= 0.6 is 11.3 Å².